The van der Waals surface area contributed by atoms with Crippen LogP contribution in [-0.2, 0) is 6.61 Å². The standard InChI is InChI=1S/C15H15NO3/c1-11(17)12-5-3-7-14(9-12)19-10-13-6-4-8-15(16-13)18-2/h3-9H,10H2,1-2H3. The number of hydrogen-bond donors (Lipinski definition) is 0. The van der Waals surface area contributed by atoms with Gasteiger partial charge in [0.05, 0.1) is 12.8 Å². The van der Waals surface area contributed by atoms with Crippen LogP contribution in [0.3, 0.4) is 0 Å². The third-order valence-electron chi connectivity index (χ3n) is 2.62. The fourth-order valence-corrected chi connectivity index (χ4v) is 1.61. The van der Waals surface area contributed by atoms with E-state index >= 15 is 0 Å². The first kappa shape index (κ1) is 13.1. The lowest BCUT2D eigenvalue weighted by Crippen LogP contribution is -2.00. The quantitative estimate of drug-likeness (QED) is 0.773. The number of aromatic nitrogens is 1. The van der Waals surface area contributed by atoms with Gasteiger partial charge in [-0.15, -0.1) is 0 Å². The van der Waals surface area contributed by atoms with Crippen molar-refractivity contribution in [2.24, 2.45) is 0 Å². The maximum atomic E-state index is 11.3. The SMILES string of the molecule is COc1cccc(COc2cccc(C(C)=O)c2)n1. The van der Waals surface area contributed by atoms with Crippen molar-refractivity contribution < 1.29 is 14.3 Å². The van der Waals surface area contributed by atoms with Crippen LogP contribution < -0.4 is 9.47 Å². The molecule has 4 heteroatoms. The number of ether oxygens (including phenoxy) is 2. The molecule has 0 aliphatic heterocycles. The molecule has 0 bridgehead atoms. The Bertz CT molecular complexity index is 581. The number of Topliss-reactive ketones (excluding diaryl/α,β-unsaturated/α-hetero) is 1. The highest BCUT2D eigenvalue weighted by Gasteiger charge is 2.03. The van der Waals surface area contributed by atoms with Gasteiger partial charge < -0.3 is 9.47 Å². The van der Waals surface area contributed by atoms with Gasteiger partial charge in [0.2, 0.25) is 5.88 Å². The molecule has 0 saturated carbocycles. The van der Waals surface area contributed by atoms with Crippen molar-refractivity contribution in [3.63, 3.8) is 0 Å². The Morgan fingerprint density at radius 2 is 2.00 bits per heavy atom. The number of hydrogen-bond acceptors (Lipinski definition) is 4. The Morgan fingerprint density at radius 1 is 1.21 bits per heavy atom. The summed E-state index contributed by atoms with van der Waals surface area (Å²) in [6.45, 7) is 1.86. The monoisotopic (exact) mass is 257 g/mol. The van der Waals surface area contributed by atoms with E-state index in [0.29, 0.717) is 23.8 Å². The first-order valence-corrected chi connectivity index (χ1v) is 5.93. The Morgan fingerprint density at radius 3 is 2.74 bits per heavy atom. The molecule has 1 heterocycles. The molecule has 2 rings (SSSR count). The second kappa shape index (κ2) is 6.00. The summed E-state index contributed by atoms with van der Waals surface area (Å²) in [6.07, 6.45) is 0. The van der Waals surface area contributed by atoms with Gasteiger partial charge in [-0.25, -0.2) is 4.98 Å². The van der Waals surface area contributed by atoms with Gasteiger partial charge in [-0.3, -0.25) is 4.79 Å². The summed E-state index contributed by atoms with van der Waals surface area (Å²) < 4.78 is 10.7. The van der Waals surface area contributed by atoms with Crippen molar-refractivity contribution in [2.75, 3.05) is 7.11 Å². The van der Waals surface area contributed by atoms with Crippen molar-refractivity contribution in [1.29, 1.82) is 0 Å². The van der Waals surface area contributed by atoms with Crippen LogP contribution >= 0.6 is 0 Å². The van der Waals surface area contributed by atoms with Crippen LogP contribution in [0.2, 0.25) is 0 Å². The third-order valence-corrected chi connectivity index (χ3v) is 2.62. The Balaban J connectivity index is 2.05. The molecular weight excluding hydrogens is 242 g/mol. The minimum atomic E-state index is 0.0185. The Hall–Kier alpha value is -2.36. The van der Waals surface area contributed by atoms with Crippen LogP contribution in [0.15, 0.2) is 42.5 Å². The molecule has 4 nitrogen and oxygen atoms in total. The number of pyridine rings is 1. The largest absolute Gasteiger partial charge is 0.487 e. The van der Waals surface area contributed by atoms with Gasteiger partial charge >= 0.3 is 0 Å². The van der Waals surface area contributed by atoms with E-state index in [0.717, 1.165) is 5.69 Å². The molecule has 1 aromatic heterocycles. The highest BCUT2D eigenvalue weighted by molar-refractivity contribution is 5.94. The molecule has 0 saturated heterocycles. The molecule has 0 fully saturated rings. The van der Waals surface area contributed by atoms with Crippen LogP contribution in [0.5, 0.6) is 11.6 Å². The topological polar surface area (TPSA) is 48.4 Å². The Kier molecular flexibility index (Phi) is 4.13. The van der Waals surface area contributed by atoms with Gasteiger partial charge in [0.15, 0.2) is 5.78 Å². The molecule has 98 valence electrons. The molecule has 19 heavy (non-hydrogen) atoms. The summed E-state index contributed by atoms with van der Waals surface area (Å²) in [4.78, 5) is 15.5. The number of rotatable bonds is 5. The predicted octanol–water partition coefficient (Wildman–Crippen LogP) is 2.87. The van der Waals surface area contributed by atoms with E-state index in [1.54, 1.807) is 31.4 Å². The lowest BCUT2D eigenvalue weighted by molar-refractivity contribution is 0.101. The Labute approximate surface area is 112 Å². The van der Waals surface area contributed by atoms with Crippen molar-refractivity contribution in [3.05, 3.63) is 53.7 Å². The smallest absolute Gasteiger partial charge is 0.213 e. The van der Waals surface area contributed by atoms with E-state index in [2.05, 4.69) is 4.98 Å². The van der Waals surface area contributed by atoms with E-state index in [9.17, 15) is 4.79 Å². The van der Waals surface area contributed by atoms with Gasteiger partial charge in [-0.05, 0) is 25.1 Å². The molecule has 0 atom stereocenters. The first-order valence-electron chi connectivity index (χ1n) is 5.93. The van der Waals surface area contributed by atoms with E-state index in [1.165, 1.54) is 6.92 Å². The third kappa shape index (κ3) is 3.55. The second-order valence-electron chi connectivity index (χ2n) is 4.04. The molecule has 0 amide bonds. The van der Waals surface area contributed by atoms with Crippen LogP contribution in [0, 0.1) is 0 Å². The van der Waals surface area contributed by atoms with Crippen molar-refractivity contribution in [2.45, 2.75) is 13.5 Å². The zero-order valence-corrected chi connectivity index (χ0v) is 10.9. The van der Waals surface area contributed by atoms with Gasteiger partial charge in [-0.2, -0.15) is 0 Å². The summed E-state index contributed by atoms with van der Waals surface area (Å²) in [6, 6.07) is 12.6. The number of carbonyl (C=O) groups excluding carboxylic acids is 1. The summed E-state index contributed by atoms with van der Waals surface area (Å²) in [5, 5.41) is 0. The van der Waals surface area contributed by atoms with Crippen LogP contribution in [-0.4, -0.2) is 17.9 Å². The number of ketones is 1. The number of carbonyl (C=O) groups is 1. The summed E-state index contributed by atoms with van der Waals surface area (Å²) in [5.41, 5.74) is 1.41. The van der Waals surface area contributed by atoms with E-state index in [1.807, 2.05) is 18.2 Å². The summed E-state index contributed by atoms with van der Waals surface area (Å²) >= 11 is 0. The van der Waals surface area contributed by atoms with Crippen molar-refractivity contribution in [1.82, 2.24) is 4.98 Å². The molecule has 0 unspecified atom stereocenters. The summed E-state index contributed by atoms with van der Waals surface area (Å²) in [7, 11) is 1.57. The molecule has 0 aliphatic carbocycles. The molecular formula is C15H15NO3. The highest BCUT2D eigenvalue weighted by atomic mass is 16.5. The normalized spacial score (nSPS) is 10.0. The molecule has 0 N–H and O–H groups in total. The minimum Gasteiger partial charge on any atom is -0.487 e. The predicted molar refractivity (Wildman–Crippen MR) is 71.6 cm³/mol. The van der Waals surface area contributed by atoms with Gasteiger partial charge in [-0.1, -0.05) is 18.2 Å². The molecule has 1 aromatic carbocycles. The fourth-order valence-electron chi connectivity index (χ4n) is 1.61. The van der Waals surface area contributed by atoms with Gasteiger partial charge in [0.25, 0.3) is 0 Å². The zero-order chi connectivity index (χ0) is 13.7. The molecule has 2 aromatic rings. The number of nitrogens with zero attached hydrogens (tertiary/aromatic N) is 1. The van der Waals surface area contributed by atoms with Crippen molar-refractivity contribution in [3.8, 4) is 11.6 Å². The average molecular weight is 257 g/mol. The van der Waals surface area contributed by atoms with Crippen LogP contribution in [0.25, 0.3) is 0 Å². The number of methoxy groups -OCH3 is 1. The maximum absolute atomic E-state index is 11.3. The first-order chi connectivity index (χ1) is 9.19. The van der Waals surface area contributed by atoms with Crippen molar-refractivity contribution >= 4 is 5.78 Å². The summed E-state index contributed by atoms with van der Waals surface area (Å²) in [5.74, 6) is 1.22. The van der Waals surface area contributed by atoms with Crippen LogP contribution in [0.4, 0.5) is 0 Å². The van der Waals surface area contributed by atoms with E-state index in [4.69, 9.17) is 9.47 Å². The van der Waals surface area contributed by atoms with E-state index in [-0.39, 0.29) is 5.78 Å². The number of benzene rings is 1. The zero-order valence-electron chi connectivity index (χ0n) is 10.9. The highest BCUT2D eigenvalue weighted by Crippen LogP contribution is 2.16. The lowest BCUT2D eigenvalue weighted by Gasteiger charge is -2.07. The molecule has 0 spiro atoms. The fraction of sp³-hybridized carbons (Fsp3) is 0.200. The molecule has 0 radical (unpaired) electrons. The van der Waals surface area contributed by atoms with Gasteiger partial charge in [0, 0.05) is 11.6 Å². The van der Waals surface area contributed by atoms with Gasteiger partial charge in [0.1, 0.15) is 12.4 Å². The van der Waals surface area contributed by atoms with E-state index < -0.39 is 0 Å². The average Bonchev–Trinajstić information content (AvgIpc) is 2.45. The lowest BCUT2D eigenvalue weighted by atomic mass is 10.1. The second-order valence-corrected chi connectivity index (χ2v) is 4.04. The van der Waals surface area contributed by atoms with Crippen LogP contribution in [0.1, 0.15) is 23.0 Å². The molecule has 0 aliphatic rings. The minimum absolute atomic E-state index is 0.0185. The maximum Gasteiger partial charge on any atom is 0.213 e.